The van der Waals surface area contributed by atoms with Crippen LogP contribution in [0.15, 0.2) is 23.1 Å². The van der Waals surface area contributed by atoms with E-state index in [2.05, 4.69) is 6.92 Å². The van der Waals surface area contributed by atoms with Crippen LogP contribution in [0.1, 0.15) is 19.4 Å². The van der Waals surface area contributed by atoms with E-state index in [1.54, 1.807) is 14.0 Å². The van der Waals surface area contributed by atoms with Crippen molar-refractivity contribution in [3.05, 3.63) is 23.8 Å². The van der Waals surface area contributed by atoms with Crippen molar-refractivity contribution in [2.45, 2.75) is 30.4 Å². The van der Waals surface area contributed by atoms with E-state index in [1.165, 1.54) is 17.3 Å². The van der Waals surface area contributed by atoms with Crippen molar-refractivity contribution in [2.75, 3.05) is 7.11 Å². The zero-order valence-corrected chi connectivity index (χ0v) is 10.5. The number of ether oxygens (including phenoxy) is 1. The Bertz CT molecular complexity index is 377. The fourth-order valence-corrected chi connectivity index (χ4v) is 2.24. The number of methoxy groups -OCH3 is 1. The van der Waals surface area contributed by atoms with Crippen molar-refractivity contribution in [3.63, 3.8) is 0 Å². The fourth-order valence-electron chi connectivity index (χ4n) is 1.27. The fraction of sp³-hybridized carbons (Fsp3) is 0.417. The van der Waals surface area contributed by atoms with Crippen LogP contribution in [0.3, 0.4) is 0 Å². The molecule has 0 aliphatic carbocycles. The summed E-state index contributed by atoms with van der Waals surface area (Å²) in [5.74, 6) is -0.0794. The van der Waals surface area contributed by atoms with Gasteiger partial charge in [0.05, 0.1) is 12.0 Å². The molecular formula is C12H16O3S. The van der Waals surface area contributed by atoms with E-state index in [0.29, 0.717) is 0 Å². The highest BCUT2D eigenvalue weighted by Crippen LogP contribution is 2.33. The van der Waals surface area contributed by atoms with Gasteiger partial charge in [0.25, 0.3) is 0 Å². The summed E-state index contributed by atoms with van der Waals surface area (Å²) in [5.41, 5.74) is 1.18. The third kappa shape index (κ3) is 3.17. The molecule has 3 nitrogen and oxygen atoms in total. The number of carboxylic acid groups (broad SMARTS) is 1. The van der Waals surface area contributed by atoms with E-state index in [1.807, 2.05) is 18.2 Å². The molecule has 0 heterocycles. The van der Waals surface area contributed by atoms with E-state index in [-0.39, 0.29) is 0 Å². The SMILES string of the molecule is CCc1ccc(OC)c(SC(C)C(=O)O)c1. The first-order chi connectivity index (χ1) is 7.58. The molecule has 0 bridgehead atoms. The maximum Gasteiger partial charge on any atom is 0.316 e. The molecule has 0 saturated heterocycles. The van der Waals surface area contributed by atoms with Crippen molar-refractivity contribution in [1.29, 1.82) is 0 Å². The first kappa shape index (κ1) is 12.9. The van der Waals surface area contributed by atoms with Crippen LogP contribution >= 0.6 is 11.8 Å². The van der Waals surface area contributed by atoms with Gasteiger partial charge in [-0.25, -0.2) is 0 Å². The molecule has 1 unspecified atom stereocenters. The number of benzene rings is 1. The Morgan fingerprint density at radius 3 is 2.75 bits per heavy atom. The largest absolute Gasteiger partial charge is 0.496 e. The normalized spacial score (nSPS) is 12.2. The maximum absolute atomic E-state index is 10.8. The van der Waals surface area contributed by atoms with E-state index in [4.69, 9.17) is 9.84 Å². The van der Waals surface area contributed by atoms with Crippen LogP contribution in [0.4, 0.5) is 0 Å². The van der Waals surface area contributed by atoms with E-state index in [0.717, 1.165) is 17.1 Å². The number of hydrogen-bond donors (Lipinski definition) is 1. The van der Waals surface area contributed by atoms with E-state index in [9.17, 15) is 4.79 Å². The molecule has 0 amide bonds. The first-order valence-corrected chi connectivity index (χ1v) is 6.02. The highest BCUT2D eigenvalue weighted by atomic mass is 32.2. The Balaban J connectivity index is 2.95. The number of thioether (sulfide) groups is 1. The summed E-state index contributed by atoms with van der Waals surface area (Å²) >= 11 is 1.31. The predicted molar refractivity (Wildman–Crippen MR) is 65.3 cm³/mol. The predicted octanol–water partition coefficient (Wildman–Crippen LogP) is 2.82. The first-order valence-electron chi connectivity index (χ1n) is 5.14. The maximum atomic E-state index is 10.8. The Morgan fingerprint density at radius 2 is 2.25 bits per heavy atom. The standard InChI is InChI=1S/C12H16O3S/c1-4-9-5-6-10(15-3)11(7-9)16-8(2)12(13)14/h5-8H,4H2,1-3H3,(H,13,14). The Hall–Kier alpha value is -1.16. The molecule has 0 radical (unpaired) electrons. The molecule has 0 aliphatic rings. The minimum absolute atomic E-state index is 0.471. The number of carboxylic acids is 1. The van der Waals surface area contributed by atoms with Gasteiger partial charge in [0, 0.05) is 0 Å². The second-order valence-corrected chi connectivity index (χ2v) is 4.82. The minimum Gasteiger partial charge on any atom is -0.496 e. The lowest BCUT2D eigenvalue weighted by Gasteiger charge is -2.11. The number of aryl methyl sites for hydroxylation is 1. The number of aliphatic carboxylic acids is 1. The third-order valence-corrected chi connectivity index (χ3v) is 3.42. The summed E-state index contributed by atoms with van der Waals surface area (Å²) < 4.78 is 5.21. The van der Waals surface area contributed by atoms with E-state index >= 15 is 0 Å². The third-order valence-electron chi connectivity index (χ3n) is 2.29. The Labute approximate surface area is 99.8 Å². The van der Waals surface area contributed by atoms with Gasteiger partial charge in [-0.2, -0.15) is 0 Å². The highest BCUT2D eigenvalue weighted by molar-refractivity contribution is 8.00. The van der Waals surface area contributed by atoms with Crippen LogP contribution in [0, 0.1) is 0 Å². The second-order valence-electron chi connectivity index (χ2n) is 3.44. The van der Waals surface area contributed by atoms with Gasteiger partial charge in [-0.15, -0.1) is 11.8 Å². The van der Waals surface area contributed by atoms with Crippen LogP contribution in [0.2, 0.25) is 0 Å². The van der Waals surface area contributed by atoms with Gasteiger partial charge >= 0.3 is 5.97 Å². The zero-order valence-electron chi connectivity index (χ0n) is 9.69. The van der Waals surface area contributed by atoms with Gasteiger partial charge in [0.2, 0.25) is 0 Å². The summed E-state index contributed by atoms with van der Waals surface area (Å²) in [7, 11) is 1.59. The molecule has 1 aromatic rings. The van der Waals surface area contributed by atoms with Crippen molar-refractivity contribution >= 4 is 17.7 Å². The summed E-state index contributed by atoms with van der Waals surface area (Å²) in [6.07, 6.45) is 0.930. The van der Waals surface area contributed by atoms with E-state index < -0.39 is 11.2 Å². The molecule has 16 heavy (non-hydrogen) atoms. The lowest BCUT2D eigenvalue weighted by molar-refractivity contribution is -0.136. The van der Waals surface area contributed by atoms with Gasteiger partial charge in [-0.1, -0.05) is 13.0 Å². The van der Waals surface area contributed by atoms with Crippen LogP contribution in [0.25, 0.3) is 0 Å². The van der Waals surface area contributed by atoms with Crippen molar-refractivity contribution in [2.24, 2.45) is 0 Å². The lowest BCUT2D eigenvalue weighted by Crippen LogP contribution is -2.11. The summed E-state index contributed by atoms with van der Waals surface area (Å²) in [5, 5.41) is 8.40. The summed E-state index contributed by atoms with van der Waals surface area (Å²) in [6, 6.07) is 5.87. The van der Waals surface area contributed by atoms with Crippen LogP contribution in [-0.2, 0) is 11.2 Å². The quantitative estimate of drug-likeness (QED) is 0.804. The van der Waals surface area contributed by atoms with Crippen molar-refractivity contribution in [1.82, 2.24) is 0 Å². The molecule has 0 aliphatic heterocycles. The van der Waals surface area contributed by atoms with Crippen molar-refractivity contribution in [3.8, 4) is 5.75 Å². The molecule has 0 fully saturated rings. The molecule has 0 saturated carbocycles. The average Bonchev–Trinajstić information content (AvgIpc) is 2.28. The van der Waals surface area contributed by atoms with Gasteiger partial charge in [-0.05, 0) is 31.0 Å². The second kappa shape index (κ2) is 5.80. The topological polar surface area (TPSA) is 46.5 Å². The monoisotopic (exact) mass is 240 g/mol. The Kier molecular flexibility index (Phi) is 4.68. The molecular weight excluding hydrogens is 224 g/mol. The van der Waals surface area contributed by atoms with Crippen LogP contribution in [0.5, 0.6) is 5.75 Å². The average molecular weight is 240 g/mol. The molecule has 0 spiro atoms. The molecule has 88 valence electrons. The molecule has 1 atom stereocenters. The van der Waals surface area contributed by atoms with Gasteiger partial charge in [0.15, 0.2) is 0 Å². The van der Waals surface area contributed by atoms with Gasteiger partial charge in [-0.3, -0.25) is 4.79 Å². The smallest absolute Gasteiger partial charge is 0.316 e. The summed E-state index contributed by atoms with van der Waals surface area (Å²) in [4.78, 5) is 11.7. The van der Waals surface area contributed by atoms with Crippen molar-refractivity contribution < 1.29 is 14.6 Å². The molecule has 1 N–H and O–H groups in total. The number of rotatable bonds is 5. The molecule has 0 aromatic heterocycles. The highest BCUT2D eigenvalue weighted by Gasteiger charge is 2.15. The van der Waals surface area contributed by atoms with Gasteiger partial charge < -0.3 is 9.84 Å². The Morgan fingerprint density at radius 1 is 1.56 bits per heavy atom. The van der Waals surface area contributed by atoms with Gasteiger partial charge in [0.1, 0.15) is 11.0 Å². The molecule has 4 heteroatoms. The lowest BCUT2D eigenvalue weighted by atomic mass is 10.2. The number of carbonyl (C=O) groups is 1. The minimum atomic E-state index is -0.811. The summed E-state index contributed by atoms with van der Waals surface area (Å²) in [6.45, 7) is 3.74. The van der Waals surface area contributed by atoms with Crippen LogP contribution < -0.4 is 4.74 Å². The molecule has 1 rings (SSSR count). The zero-order chi connectivity index (χ0) is 12.1. The van der Waals surface area contributed by atoms with Crippen LogP contribution in [-0.4, -0.2) is 23.4 Å². The number of hydrogen-bond acceptors (Lipinski definition) is 3. The molecule has 1 aromatic carbocycles.